The van der Waals surface area contributed by atoms with Gasteiger partial charge in [0.2, 0.25) is 0 Å². The Hall–Kier alpha value is -2.32. The van der Waals surface area contributed by atoms with E-state index in [-0.39, 0.29) is 12.1 Å². The number of aliphatic imine (C=N–C) groups is 1. The van der Waals surface area contributed by atoms with Crippen molar-refractivity contribution in [2.75, 3.05) is 46.4 Å². The highest BCUT2D eigenvalue weighted by molar-refractivity contribution is 5.80. The number of carbonyl (C=O) groups is 1. The van der Waals surface area contributed by atoms with Crippen molar-refractivity contribution in [3.05, 3.63) is 35.4 Å². The number of carbonyl (C=O) groups excluding carboxylic acids is 1. The number of fused-ring (bicyclic) bond motifs is 1. The van der Waals surface area contributed by atoms with E-state index in [2.05, 4.69) is 44.8 Å². The van der Waals surface area contributed by atoms with Crippen LogP contribution in [0.4, 0.5) is 4.79 Å². The Bertz CT molecular complexity index is 718. The van der Waals surface area contributed by atoms with Crippen LogP contribution in [0.5, 0.6) is 0 Å². The van der Waals surface area contributed by atoms with Gasteiger partial charge >= 0.3 is 6.09 Å². The molecule has 2 aliphatic heterocycles. The molecule has 0 bridgehead atoms. The van der Waals surface area contributed by atoms with Crippen molar-refractivity contribution in [3.8, 4) is 0 Å². The van der Waals surface area contributed by atoms with Crippen molar-refractivity contribution in [2.45, 2.75) is 44.9 Å². The van der Waals surface area contributed by atoms with E-state index in [1.165, 1.54) is 18.2 Å². The van der Waals surface area contributed by atoms with Crippen molar-refractivity contribution < 1.29 is 14.6 Å². The summed E-state index contributed by atoms with van der Waals surface area (Å²) >= 11 is 0. The zero-order valence-electron chi connectivity index (χ0n) is 18.1. The summed E-state index contributed by atoms with van der Waals surface area (Å²) in [6, 6.07) is 8.78. The lowest BCUT2D eigenvalue weighted by Crippen LogP contribution is -2.50. The van der Waals surface area contributed by atoms with E-state index < -0.39 is 6.10 Å². The van der Waals surface area contributed by atoms with Gasteiger partial charge in [-0.05, 0) is 37.3 Å². The second kappa shape index (κ2) is 11.2. The lowest BCUT2D eigenvalue weighted by Gasteiger charge is -2.32. The minimum absolute atomic E-state index is 0.249. The fourth-order valence-electron chi connectivity index (χ4n) is 4.11. The van der Waals surface area contributed by atoms with Gasteiger partial charge < -0.3 is 25.4 Å². The van der Waals surface area contributed by atoms with E-state index in [4.69, 9.17) is 4.74 Å². The number of rotatable bonds is 6. The summed E-state index contributed by atoms with van der Waals surface area (Å²) in [4.78, 5) is 20.2. The van der Waals surface area contributed by atoms with E-state index in [1.54, 1.807) is 4.90 Å². The summed E-state index contributed by atoms with van der Waals surface area (Å²) in [6.07, 6.45) is 1.94. The number of likely N-dealkylation sites (tertiary alicyclic amines) is 1. The quantitative estimate of drug-likeness (QED) is 0.476. The number of aliphatic hydroxyl groups is 1. The highest BCUT2D eigenvalue weighted by Crippen LogP contribution is 2.18. The molecule has 1 amide bonds. The number of nitrogens with zero attached hydrogens (tertiary/aromatic N) is 3. The van der Waals surface area contributed by atoms with Gasteiger partial charge in [-0.3, -0.25) is 9.89 Å². The predicted molar refractivity (Wildman–Crippen MR) is 118 cm³/mol. The zero-order chi connectivity index (χ0) is 21.3. The maximum Gasteiger partial charge on any atom is 0.409 e. The molecule has 0 saturated carbocycles. The Balaban J connectivity index is 1.45. The van der Waals surface area contributed by atoms with E-state index in [0.717, 1.165) is 44.9 Å². The van der Waals surface area contributed by atoms with Crippen molar-refractivity contribution in [1.29, 1.82) is 0 Å². The summed E-state index contributed by atoms with van der Waals surface area (Å²) < 4.78 is 4.79. The van der Waals surface area contributed by atoms with Crippen LogP contribution in [0.15, 0.2) is 29.3 Å². The lowest BCUT2D eigenvalue weighted by molar-refractivity contribution is 0.110. The molecule has 3 rings (SSSR count). The van der Waals surface area contributed by atoms with E-state index in [9.17, 15) is 9.90 Å². The van der Waals surface area contributed by atoms with Gasteiger partial charge in [0.15, 0.2) is 5.96 Å². The summed E-state index contributed by atoms with van der Waals surface area (Å²) in [5.74, 6) is 0.719. The Kier molecular flexibility index (Phi) is 8.33. The van der Waals surface area contributed by atoms with Gasteiger partial charge in [-0.2, -0.15) is 0 Å². The van der Waals surface area contributed by atoms with Crippen LogP contribution >= 0.6 is 0 Å². The number of methoxy groups -OCH3 is 1. The van der Waals surface area contributed by atoms with Gasteiger partial charge in [0.25, 0.3) is 0 Å². The van der Waals surface area contributed by atoms with Crippen LogP contribution in [0, 0.1) is 0 Å². The van der Waals surface area contributed by atoms with Crippen LogP contribution in [0.1, 0.15) is 30.9 Å². The normalized spacial score (nSPS) is 19.2. The Morgan fingerprint density at radius 2 is 2.00 bits per heavy atom. The number of amides is 1. The minimum Gasteiger partial charge on any atom is -0.453 e. The number of piperidine rings is 1. The van der Waals surface area contributed by atoms with Crippen LogP contribution in [0.3, 0.4) is 0 Å². The van der Waals surface area contributed by atoms with Gasteiger partial charge in [0, 0.05) is 45.3 Å². The van der Waals surface area contributed by atoms with Crippen molar-refractivity contribution in [3.63, 3.8) is 0 Å². The molecule has 0 aromatic heterocycles. The maximum atomic E-state index is 11.6. The average molecular weight is 418 g/mol. The molecule has 8 nitrogen and oxygen atoms in total. The SMILES string of the molecule is CCNC(=NCC(O)CN1CCc2ccccc2C1)NC1CCN(C(=O)OC)CC1. The number of guanidine groups is 1. The van der Waals surface area contributed by atoms with E-state index >= 15 is 0 Å². The molecular formula is C22H35N5O3. The second-order valence-corrected chi connectivity index (χ2v) is 8.00. The highest BCUT2D eigenvalue weighted by atomic mass is 16.5. The van der Waals surface area contributed by atoms with Crippen molar-refractivity contribution >= 4 is 12.1 Å². The Morgan fingerprint density at radius 3 is 2.70 bits per heavy atom. The van der Waals surface area contributed by atoms with E-state index in [1.807, 2.05) is 6.92 Å². The second-order valence-electron chi connectivity index (χ2n) is 8.00. The molecule has 0 radical (unpaired) electrons. The minimum atomic E-state index is -0.508. The molecule has 1 fully saturated rings. The fraction of sp³-hybridized carbons (Fsp3) is 0.636. The molecule has 1 aromatic rings. The first-order valence-corrected chi connectivity index (χ1v) is 10.9. The standard InChI is InChI=1S/C22H35N5O3/c1-3-23-21(25-19-9-12-27(13-10-19)22(29)30-2)24-14-20(28)16-26-11-8-17-6-4-5-7-18(17)15-26/h4-7,19-20,28H,3,8-16H2,1-2H3,(H2,23,24,25). The smallest absolute Gasteiger partial charge is 0.409 e. The van der Waals surface area contributed by atoms with Gasteiger partial charge in [0.1, 0.15) is 0 Å². The summed E-state index contributed by atoms with van der Waals surface area (Å²) in [6.45, 7) is 6.95. The molecule has 8 heteroatoms. The monoisotopic (exact) mass is 417 g/mol. The number of ether oxygens (including phenoxy) is 1. The third-order valence-corrected chi connectivity index (χ3v) is 5.75. The number of β-amino-alcohol motifs (C(OH)–C–C–N with tert-alkyl or cyclic N) is 1. The molecule has 1 aromatic carbocycles. The van der Waals surface area contributed by atoms with Crippen molar-refractivity contribution in [2.24, 2.45) is 4.99 Å². The number of hydrogen-bond acceptors (Lipinski definition) is 5. The topological polar surface area (TPSA) is 89.4 Å². The lowest BCUT2D eigenvalue weighted by atomic mass is 10.00. The first-order valence-electron chi connectivity index (χ1n) is 10.9. The van der Waals surface area contributed by atoms with Crippen LogP contribution < -0.4 is 10.6 Å². The fourth-order valence-corrected chi connectivity index (χ4v) is 4.11. The zero-order valence-corrected chi connectivity index (χ0v) is 18.1. The van der Waals surface area contributed by atoms with Crippen LogP contribution in [-0.4, -0.2) is 85.5 Å². The molecule has 1 atom stereocenters. The number of benzene rings is 1. The Morgan fingerprint density at radius 1 is 1.27 bits per heavy atom. The molecule has 166 valence electrons. The van der Waals surface area contributed by atoms with E-state index in [0.29, 0.717) is 26.2 Å². The summed E-state index contributed by atoms with van der Waals surface area (Å²) in [5.41, 5.74) is 2.77. The number of nitrogens with one attached hydrogen (secondary N) is 2. The van der Waals surface area contributed by atoms with Crippen LogP contribution in [-0.2, 0) is 17.7 Å². The molecule has 2 aliphatic rings. The van der Waals surface area contributed by atoms with Gasteiger partial charge in [-0.15, -0.1) is 0 Å². The number of aliphatic hydroxyl groups excluding tert-OH is 1. The van der Waals surface area contributed by atoms with Crippen LogP contribution in [0.25, 0.3) is 0 Å². The van der Waals surface area contributed by atoms with Gasteiger partial charge in [-0.25, -0.2) is 4.79 Å². The highest BCUT2D eigenvalue weighted by Gasteiger charge is 2.24. The van der Waals surface area contributed by atoms with Gasteiger partial charge in [0.05, 0.1) is 19.8 Å². The molecule has 0 aliphatic carbocycles. The first-order chi connectivity index (χ1) is 14.6. The molecule has 1 unspecified atom stereocenters. The number of hydrogen-bond donors (Lipinski definition) is 3. The predicted octanol–water partition coefficient (Wildman–Crippen LogP) is 1.19. The Labute approximate surface area is 179 Å². The largest absolute Gasteiger partial charge is 0.453 e. The molecular weight excluding hydrogens is 382 g/mol. The maximum absolute atomic E-state index is 11.6. The molecule has 3 N–H and O–H groups in total. The third-order valence-electron chi connectivity index (χ3n) is 5.75. The molecule has 30 heavy (non-hydrogen) atoms. The third kappa shape index (κ3) is 6.34. The molecule has 1 saturated heterocycles. The van der Waals surface area contributed by atoms with Gasteiger partial charge in [-0.1, -0.05) is 24.3 Å². The summed E-state index contributed by atoms with van der Waals surface area (Å²) in [7, 11) is 1.41. The first kappa shape index (κ1) is 22.4. The molecule has 2 heterocycles. The van der Waals surface area contributed by atoms with Crippen molar-refractivity contribution in [1.82, 2.24) is 20.4 Å². The average Bonchev–Trinajstić information content (AvgIpc) is 2.77. The molecule has 0 spiro atoms. The van der Waals surface area contributed by atoms with Crippen LogP contribution in [0.2, 0.25) is 0 Å². The summed E-state index contributed by atoms with van der Waals surface area (Å²) in [5, 5.41) is 17.2.